The molecule has 0 amide bonds. The largest absolute Gasteiger partial charge is 0.482 e. The van der Waals surface area contributed by atoms with Crippen LogP contribution in [0.25, 0.3) is 0 Å². The molecule has 0 aliphatic rings. The Hall–Kier alpha value is -2.31. The van der Waals surface area contributed by atoms with E-state index in [1.165, 1.54) is 13.2 Å². The van der Waals surface area contributed by atoms with Crippen LogP contribution in [-0.2, 0) is 9.53 Å². The molecular weight excluding hydrogens is 312 g/mol. The number of benzene rings is 1. The van der Waals surface area contributed by atoms with Crippen molar-refractivity contribution in [3.63, 3.8) is 0 Å². The third-order valence-corrected chi connectivity index (χ3v) is 3.24. The van der Waals surface area contributed by atoms with E-state index in [1.54, 1.807) is 12.1 Å². The van der Waals surface area contributed by atoms with Gasteiger partial charge in [-0.3, -0.25) is 10.1 Å². The second-order valence-electron chi connectivity index (χ2n) is 6.47. The zero-order chi connectivity index (χ0) is 18.3. The average molecular weight is 338 g/mol. The maximum Gasteiger partial charge on any atom is 0.343 e. The van der Waals surface area contributed by atoms with Gasteiger partial charge >= 0.3 is 5.97 Å². The van der Waals surface area contributed by atoms with Gasteiger partial charge in [-0.25, -0.2) is 4.79 Å². The Morgan fingerprint density at radius 3 is 2.25 bits per heavy atom. The molecule has 0 N–H and O–H groups in total. The van der Waals surface area contributed by atoms with Gasteiger partial charge in [0.1, 0.15) is 11.4 Å². The van der Waals surface area contributed by atoms with Crippen molar-refractivity contribution in [2.75, 3.05) is 31.7 Å². The molecule has 7 heteroatoms. The Balaban J connectivity index is 3.11. The quantitative estimate of drug-likeness (QED) is 0.390. The summed E-state index contributed by atoms with van der Waals surface area (Å²) in [7, 11) is 1.26. The second-order valence-corrected chi connectivity index (χ2v) is 6.47. The highest BCUT2D eigenvalue weighted by molar-refractivity contribution is 5.71. The molecule has 7 nitrogen and oxygen atoms in total. The van der Waals surface area contributed by atoms with Gasteiger partial charge in [0.15, 0.2) is 6.61 Å². The Kier molecular flexibility index (Phi) is 7.48. The Morgan fingerprint density at radius 2 is 1.79 bits per heavy atom. The lowest BCUT2D eigenvalue weighted by Gasteiger charge is -2.28. The van der Waals surface area contributed by atoms with Gasteiger partial charge in [0.2, 0.25) is 0 Å². The SMILES string of the molecule is COC(=O)COc1ccc(N(CC(C)C)CC(C)C)c([N+](=O)[O-])c1. The lowest BCUT2D eigenvalue weighted by Crippen LogP contribution is -2.31. The number of rotatable bonds is 9. The Bertz CT molecular complexity index is 562. The molecule has 1 aromatic carbocycles. The van der Waals surface area contributed by atoms with Crippen LogP contribution in [0.3, 0.4) is 0 Å². The molecule has 0 fully saturated rings. The summed E-state index contributed by atoms with van der Waals surface area (Å²) in [4.78, 5) is 24.2. The van der Waals surface area contributed by atoms with Crippen LogP contribution < -0.4 is 9.64 Å². The van der Waals surface area contributed by atoms with E-state index in [4.69, 9.17) is 4.74 Å². The fourth-order valence-electron chi connectivity index (χ4n) is 2.36. The number of ether oxygens (including phenoxy) is 2. The topological polar surface area (TPSA) is 81.9 Å². The summed E-state index contributed by atoms with van der Waals surface area (Å²) in [5.41, 5.74) is 0.534. The predicted molar refractivity (Wildman–Crippen MR) is 92.5 cm³/mol. The summed E-state index contributed by atoms with van der Waals surface area (Å²) in [6, 6.07) is 4.67. The predicted octanol–water partition coefficient (Wildman–Crippen LogP) is 3.27. The normalized spacial score (nSPS) is 10.8. The summed E-state index contributed by atoms with van der Waals surface area (Å²) in [5, 5.41) is 11.5. The summed E-state index contributed by atoms with van der Waals surface area (Å²) in [6.45, 7) is 9.47. The zero-order valence-corrected chi connectivity index (χ0v) is 14.9. The molecule has 0 heterocycles. The molecule has 0 unspecified atom stereocenters. The van der Waals surface area contributed by atoms with Gasteiger partial charge in [0.05, 0.1) is 18.1 Å². The van der Waals surface area contributed by atoms with Crippen molar-refractivity contribution in [3.8, 4) is 5.75 Å². The number of anilines is 1. The lowest BCUT2D eigenvalue weighted by atomic mass is 10.1. The summed E-state index contributed by atoms with van der Waals surface area (Å²) < 4.78 is 9.74. The minimum Gasteiger partial charge on any atom is -0.482 e. The first-order chi connectivity index (χ1) is 11.2. The van der Waals surface area contributed by atoms with Gasteiger partial charge in [-0.15, -0.1) is 0 Å². The number of nitro benzene ring substituents is 1. The van der Waals surface area contributed by atoms with Gasteiger partial charge in [-0.2, -0.15) is 0 Å². The number of carbonyl (C=O) groups excluding carboxylic acids is 1. The van der Waals surface area contributed by atoms with Crippen LogP contribution in [0.2, 0.25) is 0 Å². The number of esters is 1. The van der Waals surface area contributed by atoms with E-state index in [2.05, 4.69) is 32.4 Å². The summed E-state index contributed by atoms with van der Waals surface area (Å²) >= 11 is 0. The van der Waals surface area contributed by atoms with Crippen LogP contribution in [0.15, 0.2) is 18.2 Å². The first-order valence-corrected chi connectivity index (χ1v) is 7.97. The van der Waals surface area contributed by atoms with Crippen molar-refractivity contribution in [2.45, 2.75) is 27.7 Å². The highest BCUT2D eigenvalue weighted by atomic mass is 16.6. The van der Waals surface area contributed by atoms with E-state index < -0.39 is 10.9 Å². The van der Waals surface area contributed by atoms with Crippen LogP contribution in [0.5, 0.6) is 5.75 Å². The molecule has 0 aliphatic carbocycles. The number of methoxy groups -OCH3 is 1. The highest BCUT2D eigenvalue weighted by Crippen LogP contribution is 2.33. The molecule has 0 saturated heterocycles. The van der Waals surface area contributed by atoms with Crippen molar-refractivity contribution in [1.29, 1.82) is 0 Å². The van der Waals surface area contributed by atoms with Crippen molar-refractivity contribution in [2.24, 2.45) is 11.8 Å². The molecule has 0 bridgehead atoms. The lowest BCUT2D eigenvalue weighted by molar-refractivity contribution is -0.384. The number of carbonyl (C=O) groups is 1. The number of hydrogen-bond acceptors (Lipinski definition) is 6. The van der Waals surface area contributed by atoms with Crippen LogP contribution in [0.1, 0.15) is 27.7 Å². The molecule has 1 rings (SSSR count). The van der Waals surface area contributed by atoms with Crippen molar-refractivity contribution < 1.29 is 19.2 Å². The molecule has 0 atom stereocenters. The molecular formula is C17H26N2O5. The summed E-state index contributed by atoms with van der Waals surface area (Å²) in [6.07, 6.45) is 0. The fraction of sp³-hybridized carbons (Fsp3) is 0.588. The van der Waals surface area contributed by atoms with E-state index in [0.717, 1.165) is 13.1 Å². The number of nitro groups is 1. The number of nitrogens with zero attached hydrogens (tertiary/aromatic N) is 2. The molecule has 0 spiro atoms. The Morgan fingerprint density at radius 1 is 1.21 bits per heavy atom. The van der Waals surface area contributed by atoms with Crippen LogP contribution in [0.4, 0.5) is 11.4 Å². The van der Waals surface area contributed by atoms with E-state index in [0.29, 0.717) is 17.5 Å². The Labute approximate surface area is 142 Å². The third-order valence-electron chi connectivity index (χ3n) is 3.24. The maximum absolute atomic E-state index is 11.5. The first kappa shape index (κ1) is 19.7. The van der Waals surface area contributed by atoms with Crippen LogP contribution in [-0.4, -0.2) is 37.7 Å². The minimum atomic E-state index is -0.539. The highest BCUT2D eigenvalue weighted by Gasteiger charge is 2.22. The van der Waals surface area contributed by atoms with Crippen LogP contribution in [0, 0.1) is 22.0 Å². The minimum absolute atomic E-state index is 0.0290. The number of hydrogen-bond donors (Lipinski definition) is 0. The maximum atomic E-state index is 11.5. The smallest absolute Gasteiger partial charge is 0.343 e. The van der Waals surface area contributed by atoms with E-state index in [1.807, 2.05) is 4.90 Å². The fourth-order valence-corrected chi connectivity index (χ4v) is 2.36. The molecule has 0 radical (unpaired) electrons. The van der Waals surface area contributed by atoms with E-state index in [9.17, 15) is 14.9 Å². The van der Waals surface area contributed by atoms with Crippen molar-refractivity contribution in [3.05, 3.63) is 28.3 Å². The summed E-state index contributed by atoms with van der Waals surface area (Å²) in [5.74, 6) is 0.477. The monoisotopic (exact) mass is 338 g/mol. The molecule has 0 saturated carbocycles. The van der Waals surface area contributed by atoms with E-state index >= 15 is 0 Å². The van der Waals surface area contributed by atoms with Gasteiger partial charge < -0.3 is 14.4 Å². The standard InChI is InChI=1S/C17H26N2O5/c1-12(2)9-18(10-13(3)4)15-7-6-14(8-16(15)19(21)22)24-11-17(20)23-5/h6-8,12-13H,9-11H2,1-5H3. The van der Waals surface area contributed by atoms with Gasteiger partial charge in [0, 0.05) is 13.1 Å². The molecule has 0 aliphatic heterocycles. The third kappa shape index (κ3) is 6.06. The van der Waals surface area contributed by atoms with Gasteiger partial charge in [-0.05, 0) is 24.0 Å². The molecule has 134 valence electrons. The van der Waals surface area contributed by atoms with Crippen LogP contribution >= 0.6 is 0 Å². The van der Waals surface area contributed by atoms with E-state index in [-0.39, 0.29) is 18.0 Å². The second kappa shape index (κ2) is 9.10. The average Bonchev–Trinajstić information content (AvgIpc) is 2.50. The molecule has 1 aromatic rings. The van der Waals surface area contributed by atoms with Gasteiger partial charge in [-0.1, -0.05) is 27.7 Å². The molecule has 0 aromatic heterocycles. The molecule has 24 heavy (non-hydrogen) atoms. The van der Waals surface area contributed by atoms with Crippen molar-refractivity contribution >= 4 is 17.3 Å². The van der Waals surface area contributed by atoms with Gasteiger partial charge in [0.25, 0.3) is 5.69 Å². The zero-order valence-electron chi connectivity index (χ0n) is 14.9. The first-order valence-electron chi connectivity index (χ1n) is 7.97. The van der Waals surface area contributed by atoms with Crippen molar-refractivity contribution in [1.82, 2.24) is 0 Å².